The molecular weight excluding hydrogens is 522 g/mol. The van der Waals surface area contributed by atoms with Gasteiger partial charge in [0.1, 0.15) is 0 Å². The van der Waals surface area contributed by atoms with E-state index in [1.165, 1.54) is 31.2 Å². The lowest BCUT2D eigenvalue weighted by Crippen LogP contribution is -2.24. The van der Waals surface area contributed by atoms with Gasteiger partial charge in [0.2, 0.25) is 11.7 Å². The number of ketones is 2. The van der Waals surface area contributed by atoms with Crippen molar-refractivity contribution in [1.82, 2.24) is 0 Å². The third-order valence-electron chi connectivity index (χ3n) is 5.70. The van der Waals surface area contributed by atoms with Crippen molar-refractivity contribution in [3.05, 3.63) is 100 Å². The molecular formula is C30H28ClNO7. The molecule has 9 heteroatoms. The Morgan fingerprint density at radius 1 is 0.795 bits per heavy atom. The number of benzene rings is 3. The molecule has 8 nitrogen and oxygen atoms in total. The Kier molecular flexibility index (Phi) is 10.5. The normalized spacial score (nSPS) is 11.3. The minimum Gasteiger partial charge on any atom is -0.454 e. The van der Waals surface area contributed by atoms with Crippen molar-refractivity contribution >= 4 is 46.7 Å². The summed E-state index contributed by atoms with van der Waals surface area (Å²) in [5.74, 6) is -2.22. The molecule has 1 atom stereocenters. The lowest BCUT2D eigenvalue weighted by molar-refractivity contribution is -0.146. The maximum atomic E-state index is 12.3. The Morgan fingerprint density at radius 2 is 1.38 bits per heavy atom. The molecule has 1 N–H and O–H groups in total. The summed E-state index contributed by atoms with van der Waals surface area (Å²) in [6.07, 6.45) is -0.707. The van der Waals surface area contributed by atoms with E-state index in [2.05, 4.69) is 5.32 Å². The number of ether oxygens (including phenoxy) is 2. The van der Waals surface area contributed by atoms with Crippen molar-refractivity contribution in [2.75, 3.05) is 11.9 Å². The van der Waals surface area contributed by atoms with E-state index in [-0.39, 0.29) is 48.9 Å². The van der Waals surface area contributed by atoms with E-state index in [9.17, 15) is 24.0 Å². The Bertz CT molecular complexity index is 1330. The summed E-state index contributed by atoms with van der Waals surface area (Å²) in [6.45, 7) is 3.02. The second-order valence-electron chi connectivity index (χ2n) is 8.85. The van der Waals surface area contributed by atoms with Crippen LogP contribution in [0.4, 0.5) is 5.69 Å². The lowest BCUT2D eigenvalue weighted by atomic mass is 10.1. The first kappa shape index (κ1) is 29.3. The average molecular weight is 550 g/mol. The van der Waals surface area contributed by atoms with Gasteiger partial charge in [0.25, 0.3) is 0 Å². The summed E-state index contributed by atoms with van der Waals surface area (Å²) in [5.41, 5.74) is 2.55. The third kappa shape index (κ3) is 9.19. The largest absolute Gasteiger partial charge is 0.454 e. The van der Waals surface area contributed by atoms with Gasteiger partial charge in [0.05, 0.1) is 5.56 Å². The van der Waals surface area contributed by atoms with E-state index < -0.39 is 18.0 Å². The van der Waals surface area contributed by atoms with Gasteiger partial charge in [0, 0.05) is 34.7 Å². The number of hydrogen-bond acceptors (Lipinski definition) is 7. The van der Waals surface area contributed by atoms with Crippen molar-refractivity contribution in [3.63, 3.8) is 0 Å². The molecule has 0 aliphatic rings. The van der Waals surface area contributed by atoms with Crippen molar-refractivity contribution in [3.8, 4) is 0 Å². The number of halogens is 1. The fraction of sp³-hybridized carbons (Fsp3) is 0.233. The Balaban J connectivity index is 1.37. The minimum atomic E-state index is -0.960. The highest BCUT2D eigenvalue weighted by Crippen LogP contribution is 2.14. The number of anilines is 1. The van der Waals surface area contributed by atoms with Gasteiger partial charge in [0.15, 0.2) is 18.5 Å². The molecule has 0 fully saturated rings. The summed E-state index contributed by atoms with van der Waals surface area (Å²) >= 11 is 5.82. The van der Waals surface area contributed by atoms with Crippen molar-refractivity contribution in [1.29, 1.82) is 0 Å². The van der Waals surface area contributed by atoms with Crippen LogP contribution in [0.3, 0.4) is 0 Å². The number of amides is 1. The first-order chi connectivity index (χ1) is 18.6. The van der Waals surface area contributed by atoms with E-state index in [0.717, 1.165) is 5.56 Å². The maximum absolute atomic E-state index is 12.3. The number of carbonyl (C=O) groups excluding carboxylic acids is 5. The lowest BCUT2D eigenvalue weighted by Gasteiger charge is -2.12. The van der Waals surface area contributed by atoms with Gasteiger partial charge in [-0.05, 0) is 68.8 Å². The molecule has 0 bridgehead atoms. The number of esters is 2. The predicted molar refractivity (Wildman–Crippen MR) is 146 cm³/mol. The smallest absolute Gasteiger partial charge is 0.338 e. The molecule has 1 amide bonds. The highest BCUT2D eigenvalue weighted by Gasteiger charge is 2.19. The van der Waals surface area contributed by atoms with Crippen molar-refractivity contribution in [2.45, 2.75) is 39.2 Å². The van der Waals surface area contributed by atoms with Crippen LogP contribution in [0.5, 0.6) is 0 Å². The van der Waals surface area contributed by atoms with Gasteiger partial charge in [-0.15, -0.1) is 0 Å². The number of nitrogens with one attached hydrogen (secondary N) is 1. The number of hydrogen-bond donors (Lipinski definition) is 1. The van der Waals surface area contributed by atoms with Crippen LogP contribution >= 0.6 is 11.6 Å². The Labute approximate surface area is 231 Å². The van der Waals surface area contributed by atoms with Gasteiger partial charge < -0.3 is 14.8 Å². The molecule has 0 saturated heterocycles. The molecule has 39 heavy (non-hydrogen) atoms. The van der Waals surface area contributed by atoms with Crippen molar-refractivity contribution in [2.24, 2.45) is 0 Å². The van der Waals surface area contributed by atoms with Crippen LogP contribution in [-0.2, 0) is 19.1 Å². The number of carbonyl (C=O) groups is 5. The second kappa shape index (κ2) is 14.0. The summed E-state index contributed by atoms with van der Waals surface area (Å²) in [6, 6.07) is 19.3. The van der Waals surface area contributed by atoms with E-state index in [0.29, 0.717) is 21.8 Å². The zero-order valence-electron chi connectivity index (χ0n) is 21.6. The average Bonchev–Trinajstić information content (AvgIpc) is 2.92. The zero-order chi connectivity index (χ0) is 28.4. The van der Waals surface area contributed by atoms with E-state index >= 15 is 0 Å². The maximum Gasteiger partial charge on any atom is 0.338 e. The monoisotopic (exact) mass is 549 g/mol. The SMILES string of the molecule is Cc1ccc(C(=O)COC(=O)c2ccc(NC(=O)CCCC(=O)OC(C)C(=O)c3ccc(Cl)cc3)cc2)cc1. The highest BCUT2D eigenvalue weighted by molar-refractivity contribution is 6.30. The number of aryl methyl sites for hydroxylation is 1. The third-order valence-corrected chi connectivity index (χ3v) is 5.96. The first-order valence-corrected chi connectivity index (χ1v) is 12.7. The Hall–Kier alpha value is -4.30. The van der Waals surface area contributed by atoms with Crippen LogP contribution in [0.1, 0.15) is 62.8 Å². The van der Waals surface area contributed by atoms with E-state index in [1.54, 1.807) is 48.5 Å². The van der Waals surface area contributed by atoms with Gasteiger partial charge in [-0.2, -0.15) is 0 Å². The topological polar surface area (TPSA) is 116 Å². The van der Waals surface area contributed by atoms with Gasteiger partial charge in [-0.3, -0.25) is 19.2 Å². The molecule has 0 radical (unpaired) electrons. The summed E-state index contributed by atoms with van der Waals surface area (Å²) in [5, 5.41) is 3.18. The van der Waals surface area contributed by atoms with Crippen LogP contribution in [0.2, 0.25) is 5.02 Å². The first-order valence-electron chi connectivity index (χ1n) is 12.3. The molecule has 0 aliphatic heterocycles. The van der Waals surface area contributed by atoms with Gasteiger partial charge in [-0.1, -0.05) is 41.4 Å². The zero-order valence-corrected chi connectivity index (χ0v) is 22.3. The Morgan fingerprint density at radius 3 is 2.03 bits per heavy atom. The molecule has 0 aromatic heterocycles. The van der Waals surface area contributed by atoms with Gasteiger partial charge >= 0.3 is 11.9 Å². The van der Waals surface area contributed by atoms with E-state index in [4.69, 9.17) is 21.1 Å². The fourth-order valence-electron chi connectivity index (χ4n) is 3.50. The quantitative estimate of drug-likeness (QED) is 0.230. The number of Topliss-reactive ketones (excluding diaryl/α,β-unsaturated/α-hetero) is 2. The van der Waals surface area contributed by atoms with Crippen LogP contribution in [-0.4, -0.2) is 42.1 Å². The van der Waals surface area contributed by atoms with Crippen LogP contribution in [0.15, 0.2) is 72.8 Å². The second-order valence-corrected chi connectivity index (χ2v) is 9.28. The molecule has 3 rings (SSSR count). The molecule has 3 aromatic rings. The van der Waals surface area contributed by atoms with Crippen LogP contribution in [0.25, 0.3) is 0 Å². The van der Waals surface area contributed by atoms with Crippen LogP contribution in [0, 0.1) is 6.92 Å². The minimum absolute atomic E-state index is 0.0300. The van der Waals surface area contributed by atoms with Crippen molar-refractivity contribution < 1.29 is 33.4 Å². The molecule has 202 valence electrons. The summed E-state index contributed by atoms with van der Waals surface area (Å²) in [7, 11) is 0. The highest BCUT2D eigenvalue weighted by atomic mass is 35.5. The van der Waals surface area contributed by atoms with E-state index in [1.807, 2.05) is 6.92 Å². The molecule has 0 spiro atoms. The summed E-state index contributed by atoms with van der Waals surface area (Å²) < 4.78 is 10.3. The predicted octanol–water partition coefficient (Wildman–Crippen LogP) is 5.61. The fourth-order valence-corrected chi connectivity index (χ4v) is 3.63. The molecule has 3 aromatic carbocycles. The summed E-state index contributed by atoms with van der Waals surface area (Å²) in [4.78, 5) is 61.1. The standard InChI is InChI=1S/C30H28ClNO7/c1-19-6-8-21(9-7-19)26(33)18-38-30(37)23-12-16-25(17-13-23)32-27(34)4-3-5-28(35)39-20(2)29(36)22-10-14-24(31)15-11-22/h6-17,20H,3-5,18H2,1-2H3,(H,32,34). The molecule has 1 unspecified atom stereocenters. The molecule has 0 saturated carbocycles. The molecule has 0 aliphatic carbocycles. The number of rotatable bonds is 12. The van der Waals surface area contributed by atoms with Crippen LogP contribution < -0.4 is 5.32 Å². The van der Waals surface area contributed by atoms with Gasteiger partial charge in [-0.25, -0.2) is 4.79 Å². The molecule has 0 heterocycles.